The van der Waals surface area contributed by atoms with E-state index < -0.39 is 0 Å². The molecule has 4 fully saturated rings. The number of aliphatic hydroxyl groups is 1. The van der Waals surface area contributed by atoms with Crippen LogP contribution in [0.5, 0.6) is 0 Å². The Labute approximate surface area is 220 Å². The average molecular weight is 501 g/mol. The van der Waals surface area contributed by atoms with Gasteiger partial charge in [0.25, 0.3) is 6.47 Å². The van der Waals surface area contributed by atoms with E-state index in [9.17, 15) is 5.11 Å². The van der Waals surface area contributed by atoms with Crippen molar-refractivity contribution in [3.05, 3.63) is 24.3 Å². The monoisotopic (exact) mass is 500 g/mol. The minimum atomic E-state index is -0.250. The largest absolute Gasteiger partial charge is 0.483 e. The van der Waals surface area contributed by atoms with Gasteiger partial charge in [0.2, 0.25) is 0 Å². The van der Waals surface area contributed by atoms with Gasteiger partial charge < -0.3 is 14.9 Å². The molecule has 5 aliphatic carbocycles. The van der Waals surface area contributed by atoms with Crippen molar-refractivity contribution in [3.63, 3.8) is 0 Å². The van der Waals surface area contributed by atoms with Crippen molar-refractivity contribution in [1.82, 2.24) is 0 Å². The molecule has 4 nitrogen and oxygen atoms in total. The summed E-state index contributed by atoms with van der Waals surface area (Å²) in [4.78, 5) is 8.36. The predicted molar refractivity (Wildman–Crippen MR) is 145 cm³/mol. The van der Waals surface area contributed by atoms with Crippen LogP contribution in [-0.4, -0.2) is 35.5 Å². The minimum Gasteiger partial charge on any atom is -0.483 e. The molecule has 0 bridgehead atoms. The Morgan fingerprint density at radius 2 is 1.64 bits per heavy atom. The van der Waals surface area contributed by atoms with Crippen LogP contribution in [0.1, 0.15) is 99.3 Å². The number of aliphatic hydroxyl groups excluding tert-OH is 1. The van der Waals surface area contributed by atoms with Crippen LogP contribution in [0.4, 0.5) is 0 Å². The number of allylic oxidation sites excluding steroid dienone is 2. The highest BCUT2D eigenvalue weighted by Crippen LogP contribution is 2.70. The smallest absolute Gasteiger partial charge is 0.290 e. The number of carbonyl (C=O) groups is 1. The molecular formula is C32H52O4. The standard InChI is InChI=1S/C31H50O2.CH2O2/c1-8-17-33-27-19-28(3,4)18-24-21-9-10-26-29(5)16-13-25(32)20(2)22(29)11-14-30(26,6)23(21)12-15-31(24,27)7;2-1-3/h8-9,20,22-27,32H,1,10-19H2,2-7H3;1H,(H,2,3). The molecule has 36 heavy (non-hydrogen) atoms. The fourth-order valence-corrected chi connectivity index (χ4v) is 10.4. The fraction of sp³-hybridized carbons (Fsp3) is 0.844. The summed E-state index contributed by atoms with van der Waals surface area (Å²) < 4.78 is 6.49. The van der Waals surface area contributed by atoms with Crippen molar-refractivity contribution < 1.29 is 19.7 Å². The van der Waals surface area contributed by atoms with Gasteiger partial charge in [0, 0.05) is 5.41 Å². The molecule has 0 spiro atoms. The molecule has 10 unspecified atom stereocenters. The van der Waals surface area contributed by atoms with E-state index in [4.69, 9.17) is 14.6 Å². The molecular weight excluding hydrogens is 448 g/mol. The van der Waals surface area contributed by atoms with Crippen LogP contribution in [0.3, 0.4) is 0 Å². The maximum absolute atomic E-state index is 10.6. The predicted octanol–water partition coefficient (Wildman–Crippen LogP) is 7.27. The molecule has 0 aliphatic heterocycles. The second kappa shape index (κ2) is 9.88. The third-order valence-electron chi connectivity index (χ3n) is 12.3. The molecule has 4 saturated carbocycles. The topological polar surface area (TPSA) is 66.8 Å². The molecule has 0 amide bonds. The molecule has 2 N–H and O–H groups in total. The van der Waals surface area contributed by atoms with Gasteiger partial charge in [-0.1, -0.05) is 59.3 Å². The van der Waals surface area contributed by atoms with Gasteiger partial charge >= 0.3 is 0 Å². The minimum absolute atomic E-state index is 0.0884. The van der Waals surface area contributed by atoms with Gasteiger partial charge in [0.05, 0.1) is 18.8 Å². The average Bonchev–Trinajstić information content (AvgIpc) is 2.81. The van der Waals surface area contributed by atoms with Crippen molar-refractivity contribution >= 4 is 6.47 Å². The van der Waals surface area contributed by atoms with E-state index in [1.54, 1.807) is 0 Å². The molecule has 0 aromatic heterocycles. The fourth-order valence-electron chi connectivity index (χ4n) is 10.4. The lowest BCUT2D eigenvalue weighted by atomic mass is 9.38. The summed E-state index contributed by atoms with van der Waals surface area (Å²) in [5.74, 6) is 3.30. The van der Waals surface area contributed by atoms with Crippen molar-refractivity contribution in [3.8, 4) is 0 Å². The Balaban J connectivity index is 0.000000967. The normalized spacial score (nSPS) is 49.0. The molecule has 0 saturated heterocycles. The Bertz CT molecular complexity index is 862. The summed E-state index contributed by atoms with van der Waals surface area (Å²) in [6.07, 6.45) is 16.2. The number of fused-ring (bicyclic) bond motifs is 7. The zero-order valence-corrected chi connectivity index (χ0v) is 23.8. The first kappa shape index (κ1) is 27.9. The number of carboxylic acid groups (broad SMARTS) is 1. The number of rotatable bonds is 3. The lowest BCUT2D eigenvalue weighted by molar-refractivity contribution is -0.168. The first-order chi connectivity index (χ1) is 16.9. The van der Waals surface area contributed by atoms with E-state index >= 15 is 0 Å². The van der Waals surface area contributed by atoms with Gasteiger partial charge in [0.1, 0.15) is 0 Å². The highest BCUT2D eigenvalue weighted by atomic mass is 16.5. The van der Waals surface area contributed by atoms with Crippen LogP contribution < -0.4 is 0 Å². The molecule has 204 valence electrons. The SMILES string of the molecule is C=CCOC1CC(C)(C)CC2C3=CCC4C(C)(CCC5C(C)C(O)CCC54C)C3CCC12C.O=CO. The van der Waals surface area contributed by atoms with Gasteiger partial charge in [-0.2, -0.15) is 0 Å². The zero-order chi connectivity index (χ0) is 26.5. The quantitative estimate of drug-likeness (QED) is 0.316. The summed E-state index contributed by atoms with van der Waals surface area (Å²) in [6.45, 7) is 19.5. The van der Waals surface area contributed by atoms with E-state index in [0.29, 0.717) is 46.7 Å². The van der Waals surface area contributed by atoms with Gasteiger partial charge in [-0.3, -0.25) is 4.79 Å². The second-order valence-corrected chi connectivity index (χ2v) is 14.6. The van der Waals surface area contributed by atoms with E-state index in [1.807, 2.05) is 11.6 Å². The summed E-state index contributed by atoms with van der Waals surface area (Å²) in [5.41, 5.74) is 3.20. The molecule has 4 heteroatoms. The van der Waals surface area contributed by atoms with Crippen LogP contribution >= 0.6 is 0 Å². The molecule has 10 atom stereocenters. The van der Waals surface area contributed by atoms with Crippen molar-refractivity contribution in [1.29, 1.82) is 0 Å². The molecule has 0 heterocycles. The van der Waals surface area contributed by atoms with Crippen LogP contribution in [0.25, 0.3) is 0 Å². The Kier molecular flexibility index (Phi) is 7.65. The van der Waals surface area contributed by atoms with Crippen LogP contribution in [-0.2, 0) is 9.53 Å². The third kappa shape index (κ3) is 4.32. The molecule has 5 rings (SSSR count). The third-order valence-corrected chi connectivity index (χ3v) is 12.3. The van der Waals surface area contributed by atoms with Crippen LogP contribution in [0.2, 0.25) is 0 Å². The lowest BCUT2D eigenvalue weighted by Crippen LogP contribution is -2.60. The highest BCUT2D eigenvalue weighted by molar-refractivity contribution is 5.32. The Morgan fingerprint density at radius 3 is 2.31 bits per heavy atom. The highest BCUT2D eigenvalue weighted by Gasteiger charge is 2.63. The van der Waals surface area contributed by atoms with Crippen LogP contribution in [0.15, 0.2) is 24.3 Å². The zero-order valence-electron chi connectivity index (χ0n) is 23.8. The lowest BCUT2D eigenvalue weighted by Gasteiger charge is -2.67. The van der Waals surface area contributed by atoms with E-state index in [2.05, 4.69) is 54.2 Å². The first-order valence-corrected chi connectivity index (χ1v) is 14.6. The van der Waals surface area contributed by atoms with Crippen molar-refractivity contribution in [2.24, 2.45) is 51.2 Å². The number of ether oxygens (including phenoxy) is 1. The molecule has 0 aromatic carbocycles. The van der Waals surface area contributed by atoms with Crippen molar-refractivity contribution in [2.45, 2.75) is 112 Å². The summed E-state index contributed by atoms with van der Waals surface area (Å²) in [6, 6.07) is 0. The van der Waals surface area contributed by atoms with Gasteiger partial charge in [-0.25, -0.2) is 0 Å². The number of hydrogen-bond donors (Lipinski definition) is 2. The molecule has 0 aromatic rings. The Hall–Kier alpha value is -1.13. The van der Waals surface area contributed by atoms with E-state index in [0.717, 1.165) is 18.3 Å². The Morgan fingerprint density at radius 1 is 1.00 bits per heavy atom. The first-order valence-electron chi connectivity index (χ1n) is 14.6. The van der Waals surface area contributed by atoms with Gasteiger partial charge in [-0.15, -0.1) is 6.58 Å². The second-order valence-electron chi connectivity index (χ2n) is 14.6. The maximum Gasteiger partial charge on any atom is 0.290 e. The van der Waals surface area contributed by atoms with E-state index in [1.165, 1.54) is 51.4 Å². The van der Waals surface area contributed by atoms with E-state index in [-0.39, 0.29) is 18.0 Å². The van der Waals surface area contributed by atoms with Crippen LogP contribution in [0, 0.1) is 51.2 Å². The van der Waals surface area contributed by atoms with Crippen molar-refractivity contribution in [2.75, 3.05) is 6.61 Å². The summed E-state index contributed by atoms with van der Waals surface area (Å²) >= 11 is 0. The maximum atomic E-state index is 10.6. The molecule has 5 aliphatic rings. The summed E-state index contributed by atoms with van der Waals surface area (Å²) in [5, 5.41) is 17.5. The van der Waals surface area contributed by atoms with Gasteiger partial charge in [-0.05, 0) is 104 Å². The van der Waals surface area contributed by atoms with Gasteiger partial charge in [0.15, 0.2) is 0 Å². The summed E-state index contributed by atoms with van der Waals surface area (Å²) in [7, 11) is 0. The molecule has 0 radical (unpaired) electrons. The number of hydrogen-bond acceptors (Lipinski definition) is 3.